The molecule has 0 bridgehead atoms. The zero-order valence-corrected chi connectivity index (χ0v) is 7.90. The van der Waals surface area contributed by atoms with Gasteiger partial charge in [0.1, 0.15) is 6.10 Å². The highest BCUT2D eigenvalue weighted by atomic mass is 16.6. The van der Waals surface area contributed by atoms with E-state index in [1.165, 1.54) is 0 Å². The van der Waals surface area contributed by atoms with E-state index in [0.29, 0.717) is 0 Å². The van der Waals surface area contributed by atoms with Crippen molar-refractivity contribution in [2.45, 2.75) is 44.4 Å². The number of ether oxygens (including phenoxy) is 1. The van der Waals surface area contributed by atoms with Crippen molar-refractivity contribution in [1.29, 1.82) is 0 Å². The minimum atomic E-state index is -0.161. The maximum atomic E-state index is 11.3. The van der Waals surface area contributed by atoms with Crippen LogP contribution in [-0.2, 0) is 4.74 Å². The average molecular weight is 184 g/mol. The summed E-state index contributed by atoms with van der Waals surface area (Å²) < 4.78 is 5.25. The highest BCUT2D eigenvalue weighted by Crippen LogP contribution is 2.30. The van der Waals surface area contributed by atoms with Crippen LogP contribution < -0.4 is 5.73 Å². The van der Waals surface area contributed by atoms with E-state index in [2.05, 4.69) is 0 Å². The first kappa shape index (κ1) is 8.81. The Morgan fingerprint density at radius 2 is 2.38 bits per heavy atom. The Morgan fingerprint density at radius 3 is 3.08 bits per heavy atom. The van der Waals surface area contributed by atoms with Gasteiger partial charge in [-0.2, -0.15) is 0 Å². The Hall–Kier alpha value is -0.770. The molecular weight excluding hydrogens is 168 g/mol. The van der Waals surface area contributed by atoms with Crippen LogP contribution in [0, 0.1) is 0 Å². The third-order valence-corrected chi connectivity index (χ3v) is 3.02. The fourth-order valence-electron chi connectivity index (χ4n) is 2.31. The first-order valence-corrected chi connectivity index (χ1v) is 4.95. The van der Waals surface area contributed by atoms with Crippen molar-refractivity contribution in [2.75, 3.05) is 6.54 Å². The summed E-state index contributed by atoms with van der Waals surface area (Å²) in [4.78, 5) is 13.1. The molecule has 0 spiro atoms. The molecule has 1 aliphatic heterocycles. The molecule has 74 valence electrons. The summed E-state index contributed by atoms with van der Waals surface area (Å²) in [5, 5.41) is 0. The number of nitrogens with two attached hydrogens (primary N) is 1. The van der Waals surface area contributed by atoms with E-state index in [9.17, 15) is 4.79 Å². The molecule has 2 aliphatic rings. The minimum absolute atomic E-state index is 0.104. The van der Waals surface area contributed by atoms with E-state index < -0.39 is 0 Å². The van der Waals surface area contributed by atoms with Gasteiger partial charge in [-0.15, -0.1) is 0 Å². The second kappa shape index (κ2) is 3.18. The van der Waals surface area contributed by atoms with Crippen LogP contribution in [0.2, 0.25) is 0 Å². The van der Waals surface area contributed by atoms with E-state index in [-0.39, 0.29) is 24.3 Å². The molecule has 4 nitrogen and oxygen atoms in total. The second-order valence-electron chi connectivity index (χ2n) is 3.85. The molecule has 0 aromatic carbocycles. The molecule has 2 rings (SSSR count). The number of hydrogen-bond acceptors (Lipinski definition) is 3. The van der Waals surface area contributed by atoms with E-state index in [0.717, 1.165) is 25.8 Å². The van der Waals surface area contributed by atoms with Crippen molar-refractivity contribution >= 4 is 6.09 Å². The number of carbonyl (C=O) groups excluding carboxylic acids is 1. The van der Waals surface area contributed by atoms with Crippen molar-refractivity contribution in [3.8, 4) is 0 Å². The van der Waals surface area contributed by atoms with Crippen LogP contribution in [0.15, 0.2) is 0 Å². The van der Waals surface area contributed by atoms with Gasteiger partial charge in [0.05, 0.1) is 6.04 Å². The lowest BCUT2D eigenvalue weighted by Crippen LogP contribution is -2.44. The molecule has 13 heavy (non-hydrogen) atoms. The molecule has 2 fully saturated rings. The molecule has 1 saturated carbocycles. The van der Waals surface area contributed by atoms with Crippen molar-refractivity contribution < 1.29 is 9.53 Å². The standard InChI is InChI=1S/C9H16N2O2/c1-2-11-7-5-6(10)3-4-8(7)13-9(11)12/h6-8H,2-5,10H2,1H3. The summed E-state index contributed by atoms with van der Waals surface area (Å²) in [6.07, 6.45) is 2.74. The highest BCUT2D eigenvalue weighted by molar-refractivity contribution is 5.70. The van der Waals surface area contributed by atoms with Crippen molar-refractivity contribution in [2.24, 2.45) is 5.73 Å². The van der Waals surface area contributed by atoms with Gasteiger partial charge < -0.3 is 15.4 Å². The summed E-state index contributed by atoms with van der Waals surface area (Å²) in [7, 11) is 0. The van der Waals surface area contributed by atoms with Crippen LogP contribution in [0.5, 0.6) is 0 Å². The monoisotopic (exact) mass is 184 g/mol. The fourth-order valence-corrected chi connectivity index (χ4v) is 2.31. The van der Waals surface area contributed by atoms with E-state index >= 15 is 0 Å². The van der Waals surface area contributed by atoms with Crippen LogP contribution in [0.4, 0.5) is 4.79 Å². The summed E-state index contributed by atoms with van der Waals surface area (Å²) in [5.74, 6) is 0. The van der Waals surface area contributed by atoms with Gasteiger partial charge in [0.2, 0.25) is 0 Å². The van der Waals surface area contributed by atoms with Crippen molar-refractivity contribution in [3.05, 3.63) is 0 Å². The van der Waals surface area contributed by atoms with E-state index in [4.69, 9.17) is 10.5 Å². The molecule has 1 aliphatic carbocycles. The van der Waals surface area contributed by atoms with Gasteiger partial charge in [-0.25, -0.2) is 4.79 Å². The maximum absolute atomic E-state index is 11.3. The third kappa shape index (κ3) is 1.39. The Kier molecular flexibility index (Phi) is 2.15. The summed E-state index contributed by atoms with van der Waals surface area (Å²) in [5.41, 5.74) is 5.86. The van der Waals surface area contributed by atoms with Crippen LogP contribution >= 0.6 is 0 Å². The van der Waals surface area contributed by atoms with Gasteiger partial charge in [-0.1, -0.05) is 0 Å². The van der Waals surface area contributed by atoms with Gasteiger partial charge in [-0.3, -0.25) is 0 Å². The van der Waals surface area contributed by atoms with E-state index in [1.807, 2.05) is 6.92 Å². The summed E-state index contributed by atoms with van der Waals surface area (Å²) in [6, 6.07) is 0.478. The predicted molar refractivity (Wildman–Crippen MR) is 48.3 cm³/mol. The number of nitrogens with zero attached hydrogens (tertiary/aromatic N) is 1. The summed E-state index contributed by atoms with van der Waals surface area (Å²) in [6.45, 7) is 2.70. The zero-order valence-electron chi connectivity index (χ0n) is 7.90. The molecule has 0 aromatic heterocycles. The van der Waals surface area contributed by atoms with Gasteiger partial charge in [0.15, 0.2) is 0 Å². The van der Waals surface area contributed by atoms with Gasteiger partial charge in [-0.05, 0) is 26.2 Å². The lowest BCUT2D eigenvalue weighted by Gasteiger charge is -2.30. The van der Waals surface area contributed by atoms with Crippen LogP contribution in [0.3, 0.4) is 0 Å². The molecular formula is C9H16N2O2. The lowest BCUT2D eigenvalue weighted by molar-refractivity contribution is 0.109. The normalized spacial score (nSPS) is 38.8. The smallest absolute Gasteiger partial charge is 0.410 e. The molecule has 1 amide bonds. The fraction of sp³-hybridized carbons (Fsp3) is 0.889. The quantitative estimate of drug-likeness (QED) is 0.653. The first-order valence-electron chi connectivity index (χ1n) is 4.95. The Balaban J connectivity index is 2.10. The predicted octanol–water partition coefficient (Wildman–Crippen LogP) is 0.707. The number of hydrogen-bond donors (Lipinski definition) is 1. The maximum Gasteiger partial charge on any atom is 0.410 e. The number of rotatable bonds is 1. The molecule has 3 unspecified atom stereocenters. The number of fused-ring (bicyclic) bond motifs is 1. The van der Waals surface area contributed by atoms with Gasteiger partial charge in [0, 0.05) is 12.6 Å². The molecule has 4 heteroatoms. The molecule has 2 N–H and O–H groups in total. The van der Waals surface area contributed by atoms with Gasteiger partial charge >= 0.3 is 6.09 Å². The van der Waals surface area contributed by atoms with Crippen LogP contribution in [0.25, 0.3) is 0 Å². The summed E-state index contributed by atoms with van der Waals surface area (Å²) >= 11 is 0. The molecule has 1 saturated heterocycles. The highest BCUT2D eigenvalue weighted by Gasteiger charge is 2.43. The number of amides is 1. The Bertz CT molecular complexity index is 220. The Morgan fingerprint density at radius 1 is 1.62 bits per heavy atom. The van der Waals surface area contributed by atoms with Crippen LogP contribution in [-0.4, -0.2) is 35.7 Å². The first-order chi connectivity index (χ1) is 6.22. The number of carbonyl (C=O) groups is 1. The van der Waals surface area contributed by atoms with Crippen molar-refractivity contribution in [3.63, 3.8) is 0 Å². The Labute approximate surface area is 78.0 Å². The molecule has 3 atom stereocenters. The van der Waals surface area contributed by atoms with E-state index in [1.54, 1.807) is 4.90 Å². The average Bonchev–Trinajstić information content (AvgIpc) is 2.40. The number of likely N-dealkylation sites (N-methyl/N-ethyl adjacent to an activating group) is 1. The third-order valence-electron chi connectivity index (χ3n) is 3.02. The second-order valence-corrected chi connectivity index (χ2v) is 3.85. The zero-order chi connectivity index (χ0) is 9.42. The lowest BCUT2D eigenvalue weighted by atomic mass is 9.89. The molecule has 1 heterocycles. The largest absolute Gasteiger partial charge is 0.444 e. The van der Waals surface area contributed by atoms with Crippen LogP contribution in [0.1, 0.15) is 26.2 Å². The SMILES string of the molecule is CCN1C(=O)OC2CCC(N)CC21. The van der Waals surface area contributed by atoms with Gasteiger partial charge in [0.25, 0.3) is 0 Å². The molecule has 0 radical (unpaired) electrons. The molecule has 0 aromatic rings. The topological polar surface area (TPSA) is 55.6 Å². The van der Waals surface area contributed by atoms with Crippen molar-refractivity contribution in [1.82, 2.24) is 4.90 Å². The minimum Gasteiger partial charge on any atom is -0.444 e.